The fourth-order valence-corrected chi connectivity index (χ4v) is 11.0. The molecular weight excluding hydrogens is 338 g/mol. The molecule has 0 aromatic rings. The van der Waals surface area contributed by atoms with Gasteiger partial charge in [0.15, 0.2) is 19.7 Å². The van der Waals surface area contributed by atoms with Crippen molar-refractivity contribution >= 4 is 48.0 Å². The van der Waals surface area contributed by atoms with Gasteiger partial charge in [-0.2, -0.15) is 0 Å². The van der Waals surface area contributed by atoms with Gasteiger partial charge in [0, 0.05) is 5.25 Å². The zero-order valence-electron chi connectivity index (χ0n) is 11.3. The Labute approximate surface area is 129 Å². The van der Waals surface area contributed by atoms with Crippen LogP contribution in [-0.4, -0.2) is 65.4 Å². The number of thiocarbonyl (C=S) groups is 1. The van der Waals surface area contributed by atoms with Crippen molar-refractivity contribution in [1.82, 2.24) is 4.90 Å². The lowest BCUT2D eigenvalue weighted by atomic mass is 9.90. The predicted octanol–water partition coefficient (Wildman–Crippen LogP) is 0.453. The standard InChI is InChI=1S/C11H17NO4S4/c1-10(3-4-19(13,14)6-10)12-9(17)18-8-5-20(15,16)7-11(8,12)2/h8H,3-7H2,1-2H3/t8-,10+,11-/m0/s1. The quantitative estimate of drug-likeness (QED) is 0.633. The Balaban J connectivity index is 2.03. The van der Waals surface area contributed by atoms with Crippen LogP contribution >= 0.6 is 24.0 Å². The number of hydrogen-bond acceptors (Lipinski definition) is 6. The molecule has 0 radical (unpaired) electrons. The lowest BCUT2D eigenvalue weighted by Gasteiger charge is -2.45. The molecule has 20 heavy (non-hydrogen) atoms. The first-order chi connectivity index (χ1) is 8.98. The normalized spacial score (nSPS) is 45.8. The van der Waals surface area contributed by atoms with Gasteiger partial charge in [0.25, 0.3) is 0 Å². The van der Waals surface area contributed by atoms with Crippen molar-refractivity contribution in [3.05, 3.63) is 0 Å². The summed E-state index contributed by atoms with van der Waals surface area (Å²) in [6.45, 7) is 3.80. The van der Waals surface area contributed by atoms with Gasteiger partial charge in [-0.1, -0.05) is 24.0 Å². The lowest BCUT2D eigenvalue weighted by molar-refractivity contribution is 0.123. The average molecular weight is 356 g/mol. The topological polar surface area (TPSA) is 71.5 Å². The molecule has 0 aromatic heterocycles. The minimum Gasteiger partial charge on any atom is -0.343 e. The molecule has 3 rings (SSSR count). The number of rotatable bonds is 1. The second-order valence-corrected chi connectivity index (χ2v) is 12.6. The third kappa shape index (κ3) is 2.12. The number of fused-ring (bicyclic) bond motifs is 1. The summed E-state index contributed by atoms with van der Waals surface area (Å²) >= 11 is 6.84. The van der Waals surface area contributed by atoms with E-state index in [4.69, 9.17) is 12.2 Å². The van der Waals surface area contributed by atoms with Gasteiger partial charge in [-0.3, -0.25) is 0 Å². The Morgan fingerprint density at radius 1 is 1.20 bits per heavy atom. The number of sulfone groups is 2. The molecule has 5 nitrogen and oxygen atoms in total. The van der Waals surface area contributed by atoms with Crippen molar-refractivity contribution in [2.45, 2.75) is 36.6 Å². The monoisotopic (exact) mass is 355 g/mol. The van der Waals surface area contributed by atoms with E-state index in [-0.39, 0.29) is 28.3 Å². The zero-order chi connectivity index (χ0) is 15.0. The summed E-state index contributed by atoms with van der Waals surface area (Å²) in [5, 5.41) is -0.0832. The molecular formula is C11H17NO4S4. The second-order valence-electron chi connectivity index (χ2n) is 6.46. The maximum absolute atomic E-state index is 11.9. The molecule has 3 heterocycles. The van der Waals surface area contributed by atoms with Crippen LogP contribution in [0.5, 0.6) is 0 Å². The van der Waals surface area contributed by atoms with Gasteiger partial charge in [0.05, 0.1) is 34.1 Å². The molecule has 3 fully saturated rings. The molecule has 0 unspecified atom stereocenters. The van der Waals surface area contributed by atoms with Crippen LogP contribution in [0, 0.1) is 0 Å². The fourth-order valence-electron chi connectivity index (χ4n) is 3.77. The smallest absolute Gasteiger partial charge is 0.153 e. The first kappa shape index (κ1) is 15.1. The summed E-state index contributed by atoms with van der Waals surface area (Å²) in [7, 11) is -6.14. The van der Waals surface area contributed by atoms with Gasteiger partial charge >= 0.3 is 0 Å². The Hall–Kier alpha value is 0.140. The van der Waals surface area contributed by atoms with E-state index in [1.54, 1.807) is 0 Å². The van der Waals surface area contributed by atoms with Crippen LogP contribution < -0.4 is 0 Å². The van der Waals surface area contributed by atoms with Crippen molar-refractivity contribution in [2.24, 2.45) is 0 Å². The molecule has 0 spiro atoms. The van der Waals surface area contributed by atoms with Crippen molar-refractivity contribution in [3.8, 4) is 0 Å². The van der Waals surface area contributed by atoms with Gasteiger partial charge in [-0.25, -0.2) is 16.8 Å². The summed E-state index contributed by atoms with van der Waals surface area (Å²) in [5.74, 6) is 0.408. The molecule has 9 heteroatoms. The molecule has 0 bridgehead atoms. The molecule has 0 N–H and O–H groups in total. The van der Waals surface area contributed by atoms with Gasteiger partial charge in [0.2, 0.25) is 0 Å². The van der Waals surface area contributed by atoms with Crippen molar-refractivity contribution in [1.29, 1.82) is 0 Å². The largest absolute Gasteiger partial charge is 0.343 e. The summed E-state index contributed by atoms with van der Waals surface area (Å²) in [5.41, 5.74) is -1.15. The molecule has 0 aliphatic carbocycles. The Bertz CT molecular complexity index is 685. The molecule has 3 aliphatic rings. The first-order valence-corrected chi connectivity index (χ1v) is 11.3. The molecule has 3 atom stereocenters. The van der Waals surface area contributed by atoms with Crippen LogP contribution in [-0.2, 0) is 19.7 Å². The minimum atomic E-state index is -3.08. The second kappa shape index (κ2) is 4.11. The third-order valence-corrected chi connectivity index (χ3v) is 10.3. The summed E-state index contributed by atoms with van der Waals surface area (Å²) in [4.78, 5) is 1.93. The van der Waals surface area contributed by atoms with E-state index in [9.17, 15) is 16.8 Å². The van der Waals surface area contributed by atoms with Crippen LogP contribution in [0.1, 0.15) is 20.3 Å². The van der Waals surface area contributed by atoms with E-state index in [1.165, 1.54) is 11.8 Å². The van der Waals surface area contributed by atoms with Gasteiger partial charge in [0.1, 0.15) is 4.32 Å². The average Bonchev–Trinajstić information content (AvgIpc) is 2.69. The van der Waals surface area contributed by atoms with E-state index in [0.717, 1.165) is 0 Å². The van der Waals surface area contributed by atoms with E-state index < -0.39 is 30.8 Å². The number of thioether (sulfide) groups is 1. The number of hydrogen-bond donors (Lipinski definition) is 0. The fraction of sp³-hybridized carbons (Fsp3) is 0.909. The van der Waals surface area contributed by atoms with E-state index >= 15 is 0 Å². The third-order valence-electron chi connectivity index (χ3n) is 4.57. The summed E-state index contributed by atoms with van der Waals surface area (Å²) in [6, 6.07) is 0. The minimum absolute atomic E-state index is 0.0586. The lowest BCUT2D eigenvalue weighted by Crippen LogP contribution is -2.60. The van der Waals surface area contributed by atoms with E-state index in [0.29, 0.717) is 10.7 Å². The SMILES string of the molecule is C[C@@]1(N2C(=S)S[C@H]3CS(=O)(=O)C[C@@]32C)CCS(=O)(=O)C1. The van der Waals surface area contributed by atoms with Gasteiger partial charge < -0.3 is 4.90 Å². The molecule has 0 amide bonds. The van der Waals surface area contributed by atoms with Crippen molar-refractivity contribution in [3.63, 3.8) is 0 Å². The maximum Gasteiger partial charge on any atom is 0.153 e. The maximum atomic E-state index is 11.9. The molecule has 114 valence electrons. The highest BCUT2D eigenvalue weighted by Gasteiger charge is 2.62. The Kier molecular flexibility index (Phi) is 3.09. The van der Waals surface area contributed by atoms with Gasteiger partial charge in [-0.05, 0) is 20.3 Å². The summed E-state index contributed by atoms with van der Waals surface area (Å²) < 4.78 is 48.2. The van der Waals surface area contributed by atoms with Crippen LogP contribution in [0.25, 0.3) is 0 Å². The van der Waals surface area contributed by atoms with Gasteiger partial charge in [-0.15, -0.1) is 0 Å². The highest BCUT2D eigenvalue weighted by molar-refractivity contribution is 8.24. The van der Waals surface area contributed by atoms with Crippen LogP contribution in [0.4, 0.5) is 0 Å². The molecule has 0 aromatic carbocycles. The van der Waals surface area contributed by atoms with Crippen LogP contribution in [0.3, 0.4) is 0 Å². The predicted molar refractivity (Wildman–Crippen MR) is 84.6 cm³/mol. The molecule has 3 aliphatic heterocycles. The highest BCUT2D eigenvalue weighted by Crippen LogP contribution is 2.51. The van der Waals surface area contributed by atoms with Crippen LogP contribution in [0.2, 0.25) is 0 Å². The number of nitrogens with zero attached hydrogens (tertiary/aromatic N) is 1. The van der Waals surface area contributed by atoms with Crippen molar-refractivity contribution < 1.29 is 16.8 Å². The molecule has 0 saturated carbocycles. The summed E-state index contributed by atoms with van der Waals surface area (Å²) in [6.07, 6.45) is 0.512. The highest BCUT2D eigenvalue weighted by atomic mass is 32.2. The van der Waals surface area contributed by atoms with E-state index in [2.05, 4.69) is 0 Å². The zero-order valence-corrected chi connectivity index (χ0v) is 14.6. The Morgan fingerprint density at radius 2 is 1.85 bits per heavy atom. The van der Waals surface area contributed by atoms with E-state index in [1.807, 2.05) is 18.7 Å². The van der Waals surface area contributed by atoms with Crippen LogP contribution in [0.15, 0.2) is 0 Å². The first-order valence-electron chi connectivity index (χ1n) is 6.39. The van der Waals surface area contributed by atoms with Crippen molar-refractivity contribution in [2.75, 3.05) is 23.0 Å². The Morgan fingerprint density at radius 3 is 2.40 bits per heavy atom. The molecule has 3 saturated heterocycles.